The van der Waals surface area contributed by atoms with Crippen molar-refractivity contribution in [2.24, 2.45) is 0 Å². The number of benzene rings is 1. The molecule has 2 heterocycles. The summed E-state index contributed by atoms with van der Waals surface area (Å²) in [4.78, 5) is 32.6. The highest BCUT2D eigenvalue weighted by molar-refractivity contribution is 7.99. The van der Waals surface area contributed by atoms with E-state index in [-0.39, 0.29) is 17.3 Å². The summed E-state index contributed by atoms with van der Waals surface area (Å²) in [6.45, 7) is 6.13. The molecule has 0 N–H and O–H groups in total. The van der Waals surface area contributed by atoms with Crippen LogP contribution >= 0.6 is 23.1 Å². The maximum absolute atomic E-state index is 13.7. The maximum Gasteiger partial charge on any atom is 0.316 e. The van der Waals surface area contributed by atoms with Crippen LogP contribution in [0.1, 0.15) is 41.3 Å². The van der Waals surface area contributed by atoms with Gasteiger partial charge in [-0.05, 0) is 69.2 Å². The average Bonchev–Trinajstić information content (AvgIpc) is 3.07. The van der Waals surface area contributed by atoms with E-state index >= 15 is 0 Å². The van der Waals surface area contributed by atoms with Gasteiger partial charge in [0.2, 0.25) is 0 Å². The van der Waals surface area contributed by atoms with E-state index in [2.05, 4.69) is 0 Å². The molecular formula is C22H24N2O3S2. The summed E-state index contributed by atoms with van der Waals surface area (Å²) < 4.78 is 6.75. The minimum Gasteiger partial charge on any atom is -0.465 e. The van der Waals surface area contributed by atoms with Gasteiger partial charge in [-0.1, -0.05) is 23.9 Å². The minimum absolute atomic E-state index is 0.0329. The fourth-order valence-corrected chi connectivity index (χ4v) is 5.89. The Hall–Kier alpha value is -2.12. The molecule has 0 saturated heterocycles. The normalized spacial score (nSPS) is 13.5. The Morgan fingerprint density at radius 3 is 2.86 bits per heavy atom. The van der Waals surface area contributed by atoms with Crippen LogP contribution in [0.3, 0.4) is 0 Å². The van der Waals surface area contributed by atoms with Gasteiger partial charge in [-0.15, -0.1) is 11.3 Å². The molecule has 1 aromatic carbocycles. The van der Waals surface area contributed by atoms with Crippen LogP contribution in [-0.2, 0) is 22.4 Å². The average molecular weight is 429 g/mol. The first-order valence-corrected chi connectivity index (χ1v) is 11.7. The summed E-state index contributed by atoms with van der Waals surface area (Å²) in [5, 5.41) is 1.30. The number of nitrogens with zero attached hydrogens (tertiary/aromatic N) is 2. The first kappa shape index (κ1) is 20.2. The first-order chi connectivity index (χ1) is 14.0. The third-order valence-electron chi connectivity index (χ3n) is 5.19. The maximum atomic E-state index is 13.7. The van der Waals surface area contributed by atoms with Crippen LogP contribution in [0.2, 0.25) is 0 Å². The highest BCUT2D eigenvalue weighted by Gasteiger charge is 2.23. The third-order valence-corrected chi connectivity index (χ3v) is 7.29. The molecule has 7 heteroatoms. The molecule has 4 rings (SSSR count). The van der Waals surface area contributed by atoms with Gasteiger partial charge in [0.05, 0.1) is 23.4 Å². The number of thiophene rings is 1. The molecule has 5 nitrogen and oxygen atoms in total. The standard InChI is InChI=1S/C22H24N2O3S2/c1-4-27-18(25)12-28-22-23-20-19(15-7-5-6-8-17(15)29-20)21(26)24(22)16-11-13(2)9-10-14(16)3/h9-11H,4-8,12H2,1-3H3. The predicted octanol–water partition coefficient (Wildman–Crippen LogP) is 4.60. The number of fused-ring (bicyclic) bond motifs is 3. The molecular weight excluding hydrogens is 404 g/mol. The fourth-order valence-electron chi connectivity index (χ4n) is 3.78. The second-order valence-electron chi connectivity index (χ2n) is 7.31. The molecule has 0 atom stereocenters. The van der Waals surface area contributed by atoms with Crippen LogP contribution < -0.4 is 5.56 Å². The number of esters is 1. The Balaban J connectivity index is 1.93. The summed E-state index contributed by atoms with van der Waals surface area (Å²) in [6, 6.07) is 6.06. The molecule has 0 unspecified atom stereocenters. The molecule has 1 aliphatic rings. The van der Waals surface area contributed by atoms with Crippen molar-refractivity contribution in [1.29, 1.82) is 0 Å². The number of rotatable bonds is 5. The van der Waals surface area contributed by atoms with E-state index in [1.165, 1.54) is 22.2 Å². The van der Waals surface area contributed by atoms with E-state index in [0.717, 1.165) is 52.7 Å². The second kappa shape index (κ2) is 8.32. The van der Waals surface area contributed by atoms with Crippen LogP contribution in [-0.4, -0.2) is 27.9 Å². The lowest BCUT2D eigenvalue weighted by atomic mass is 9.97. The highest BCUT2D eigenvalue weighted by atomic mass is 32.2. The Bertz CT molecular complexity index is 1150. The summed E-state index contributed by atoms with van der Waals surface area (Å²) in [5.74, 6) is -0.174. The van der Waals surface area contributed by atoms with Crippen LogP contribution in [0, 0.1) is 13.8 Å². The highest BCUT2D eigenvalue weighted by Crippen LogP contribution is 2.35. The van der Waals surface area contributed by atoms with Crippen molar-refractivity contribution in [1.82, 2.24) is 9.55 Å². The van der Waals surface area contributed by atoms with Crippen molar-refractivity contribution in [2.75, 3.05) is 12.4 Å². The van der Waals surface area contributed by atoms with E-state index in [1.807, 2.05) is 32.0 Å². The molecule has 0 spiro atoms. The van der Waals surface area contributed by atoms with Crippen molar-refractivity contribution in [3.05, 3.63) is 50.1 Å². The van der Waals surface area contributed by atoms with Gasteiger partial charge in [-0.2, -0.15) is 0 Å². The number of hydrogen-bond acceptors (Lipinski definition) is 6. The Morgan fingerprint density at radius 2 is 2.07 bits per heavy atom. The van der Waals surface area contributed by atoms with Crippen molar-refractivity contribution in [3.8, 4) is 5.69 Å². The van der Waals surface area contributed by atoms with Crippen molar-refractivity contribution < 1.29 is 9.53 Å². The quantitative estimate of drug-likeness (QED) is 0.338. The molecule has 29 heavy (non-hydrogen) atoms. The zero-order valence-corrected chi connectivity index (χ0v) is 18.5. The molecule has 0 saturated carbocycles. The zero-order valence-electron chi connectivity index (χ0n) is 16.9. The van der Waals surface area contributed by atoms with Crippen molar-refractivity contribution >= 4 is 39.3 Å². The van der Waals surface area contributed by atoms with Gasteiger partial charge in [-0.3, -0.25) is 14.2 Å². The van der Waals surface area contributed by atoms with Crippen molar-refractivity contribution in [2.45, 2.75) is 51.6 Å². The van der Waals surface area contributed by atoms with Gasteiger partial charge in [0.15, 0.2) is 5.16 Å². The molecule has 0 bridgehead atoms. The van der Waals surface area contributed by atoms with Gasteiger partial charge in [0, 0.05) is 4.88 Å². The SMILES string of the molecule is CCOC(=O)CSc1nc2sc3c(c2c(=O)n1-c1cc(C)ccc1C)CCCC3. The molecule has 152 valence electrons. The smallest absolute Gasteiger partial charge is 0.316 e. The Kier molecular flexibility index (Phi) is 5.79. The van der Waals surface area contributed by atoms with Gasteiger partial charge in [0.25, 0.3) is 5.56 Å². The molecule has 0 fully saturated rings. The number of aryl methyl sites for hydroxylation is 4. The lowest BCUT2D eigenvalue weighted by Gasteiger charge is -2.15. The Morgan fingerprint density at radius 1 is 1.28 bits per heavy atom. The number of carbonyl (C=O) groups is 1. The molecule has 0 aliphatic heterocycles. The number of thioether (sulfide) groups is 1. The molecule has 1 aliphatic carbocycles. The van der Waals surface area contributed by atoms with Gasteiger partial charge in [0.1, 0.15) is 4.83 Å². The lowest BCUT2D eigenvalue weighted by molar-refractivity contribution is -0.139. The largest absolute Gasteiger partial charge is 0.465 e. The van der Waals surface area contributed by atoms with E-state index in [1.54, 1.807) is 22.8 Å². The van der Waals surface area contributed by atoms with Crippen LogP contribution in [0.5, 0.6) is 0 Å². The van der Waals surface area contributed by atoms with Gasteiger partial charge in [-0.25, -0.2) is 4.98 Å². The molecule has 2 aromatic heterocycles. The van der Waals surface area contributed by atoms with Gasteiger partial charge < -0.3 is 4.74 Å². The topological polar surface area (TPSA) is 61.2 Å². The number of aromatic nitrogens is 2. The van der Waals surface area contributed by atoms with Crippen LogP contribution in [0.15, 0.2) is 28.2 Å². The first-order valence-electron chi connectivity index (χ1n) is 9.93. The summed E-state index contributed by atoms with van der Waals surface area (Å²) >= 11 is 2.89. The third kappa shape index (κ3) is 3.85. The van der Waals surface area contributed by atoms with Crippen molar-refractivity contribution in [3.63, 3.8) is 0 Å². The van der Waals surface area contributed by atoms with E-state index in [4.69, 9.17) is 9.72 Å². The lowest BCUT2D eigenvalue weighted by Crippen LogP contribution is -2.23. The number of carbonyl (C=O) groups excluding carboxylic acids is 1. The summed E-state index contributed by atoms with van der Waals surface area (Å²) in [6.07, 6.45) is 4.23. The van der Waals surface area contributed by atoms with E-state index in [9.17, 15) is 9.59 Å². The van der Waals surface area contributed by atoms with Gasteiger partial charge >= 0.3 is 5.97 Å². The second-order valence-corrected chi connectivity index (χ2v) is 9.34. The Labute approximate surface area is 178 Å². The predicted molar refractivity (Wildman–Crippen MR) is 119 cm³/mol. The summed E-state index contributed by atoms with van der Waals surface area (Å²) in [5.41, 5.74) is 4.04. The van der Waals surface area contributed by atoms with Crippen LogP contribution in [0.25, 0.3) is 15.9 Å². The van der Waals surface area contributed by atoms with E-state index < -0.39 is 0 Å². The molecule has 0 amide bonds. The van der Waals surface area contributed by atoms with E-state index in [0.29, 0.717) is 11.8 Å². The monoisotopic (exact) mass is 428 g/mol. The summed E-state index contributed by atoms with van der Waals surface area (Å²) in [7, 11) is 0. The van der Waals surface area contributed by atoms with Crippen LogP contribution in [0.4, 0.5) is 0 Å². The number of hydrogen-bond donors (Lipinski definition) is 0. The minimum atomic E-state index is -0.301. The fraction of sp³-hybridized carbons (Fsp3) is 0.409. The zero-order chi connectivity index (χ0) is 20.5. The molecule has 0 radical (unpaired) electrons. The number of ether oxygens (including phenoxy) is 1. The molecule has 3 aromatic rings.